The lowest BCUT2D eigenvalue weighted by molar-refractivity contribution is -0.118. The maximum atomic E-state index is 13.0. The monoisotopic (exact) mass is 520 g/mol. The number of ether oxygens (including phenoxy) is 1. The highest BCUT2D eigenvalue weighted by Crippen LogP contribution is 2.34. The van der Waals surface area contributed by atoms with Crippen LogP contribution in [0.4, 0.5) is 10.5 Å². The molecule has 1 unspecified atom stereocenters. The molecule has 9 heteroatoms. The molecule has 0 fully saturated rings. The highest BCUT2D eigenvalue weighted by molar-refractivity contribution is 6.76. The Morgan fingerprint density at radius 1 is 1.11 bits per heavy atom. The molecule has 2 aromatic carbocycles. The van der Waals surface area contributed by atoms with Gasteiger partial charge in [-0.3, -0.25) is 4.79 Å². The van der Waals surface area contributed by atoms with Gasteiger partial charge in [0.05, 0.1) is 5.69 Å². The minimum absolute atomic E-state index is 0.363. The molecule has 196 valence electrons. The quantitative estimate of drug-likeness (QED) is 0.239. The summed E-state index contributed by atoms with van der Waals surface area (Å²) in [4.78, 5) is 24.3. The summed E-state index contributed by atoms with van der Waals surface area (Å²) in [5.74, 6) is -0.363. The van der Waals surface area contributed by atoms with Gasteiger partial charge in [-0.1, -0.05) is 56.0 Å². The van der Waals surface area contributed by atoms with Crippen molar-refractivity contribution in [2.45, 2.75) is 64.1 Å². The van der Waals surface area contributed by atoms with E-state index in [1.807, 2.05) is 59.4 Å². The summed E-state index contributed by atoms with van der Waals surface area (Å²) in [5.41, 5.74) is 6.12. The van der Waals surface area contributed by atoms with Crippen LogP contribution in [0, 0.1) is 0 Å². The van der Waals surface area contributed by atoms with Gasteiger partial charge >= 0.3 is 6.09 Å². The van der Waals surface area contributed by atoms with Crippen LogP contribution in [0.1, 0.15) is 23.2 Å². The van der Waals surface area contributed by atoms with E-state index in [2.05, 4.69) is 30.3 Å². The van der Waals surface area contributed by atoms with Crippen molar-refractivity contribution in [1.29, 1.82) is 0 Å². The zero-order valence-corrected chi connectivity index (χ0v) is 22.8. The second-order valence-electron chi connectivity index (χ2n) is 10.8. The molecule has 8 nitrogen and oxygen atoms in total. The van der Waals surface area contributed by atoms with Gasteiger partial charge in [-0.15, -0.1) is 0 Å². The van der Waals surface area contributed by atoms with Crippen LogP contribution in [-0.2, 0) is 35.5 Å². The maximum absolute atomic E-state index is 13.0. The summed E-state index contributed by atoms with van der Waals surface area (Å²) < 4.78 is 7.73. The number of carbonyl (C=O) groups is 2. The number of nitrogens with one attached hydrogen (secondary N) is 2. The van der Waals surface area contributed by atoms with E-state index < -0.39 is 20.2 Å². The van der Waals surface area contributed by atoms with E-state index in [1.165, 1.54) is 0 Å². The van der Waals surface area contributed by atoms with Crippen LogP contribution in [0.2, 0.25) is 25.7 Å². The van der Waals surface area contributed by atoms with Crippen molar-refractivity contribution in [3.05, 3.63) is 71.5 Å². The van der Waals surface area contributed by atoms with Crippen LogP contribution in [0.15, 0.2) is 54.7 Å². The lowest BCUT2D eigenvalue weighted by Crippen LogP contribution is -2.43. The van der Waals surface area contributed by atoms with Crippen molar-refractivity contribution in [2.75, 3.05) is 11.9 Å². The maximum Gasteiger partial charge on any atom is 0.405 e. The lowest BCUT2D eigenvalue weighted by Gasteiger charge is -2.19. The third kappa shape index (κ3) is 7.53. The zero-order chi connectivity index (χ0) is 26.4. The number of anilines is 1. The molecule has 4 rings (SSSR count). The number of carboxylic acid groups (broad SMARTS) is 1. The largest absolute Gasteiger partial charge is 0.465 e. The average Bonchev–Trinajstić information content (AvgIpc) is 3.27. The number of nitrogens with zero attached hydrogens (tertiary/aromatic N) is 2. The number of aromatic nitrogens is 2. The van der Waals surface area contributed by atoms with Gasteiger partial charge in [0.25, 0.3) is 0 Å². The molecule has 0 saturated carbocycles. The summed E-state index contributed by atoms with van der Waals surface area (Å²) in [7, 11) is -1.12. The Morgan fingerprint density at radius 2 is 1.89 bits per heavy atom. The van der Waals surface area contributed by atoms with E-state index in [0.717, 1.165) is 53.4 Å². The van der Waals surface area contributed by atoms with Crippen LogP contribution < -0.4 is 10.6 Å². The molecule has 1 heterocycles. The van der Waals surface area contributed by atoms with E-state index in [0.29, 0.717) is 25.3 Å². The number of fused-ring (bicyclic) bond motifs is 3. The summed E-state index contributed by atoms with van der Waals surface area (Å²) >= 11 is 0. The highest BCUT2D eigenvalue weighted by Gasteiger charge is 2.23. The molecule has 3 aromatic rings. The number of rotatable bonds is 11. The fourth-order valence-electron chi connectivity index (χ4n) is 4.47. The normalized spacial score (nSPS) is 13.4. The lowest BCUT2D eigenvalue weighted by atomic mass is 9.89. The van der Waals surface area contributed by atoms with Crippen LogP contribution in [0.25, 0.3) is 11.1 Å². The first-order valence-electron chi connectivity index (χ1n) is 12.8. The third-order valence-corrected chi connectivity index (χ3v) is 8.24. The topological polar surface area (TPSA) is 105 Å². The third-order valence-electron chi connectivity index (χ3n) is 6.53. The van der Waals surface area contributed by atoms with Crippen molar-refractivity contribution in [3.63, 3.8) is 0 Å². The predicted molar refractivity (Wildman–Crippen MR) is 148 cm³/mol. The van der Waals surface area contributed by atoms with E-state index in [9.17, 15) is 14.7 Å². The molecule has 0 bridgehead atoms. The van der Waals surface area contributed by atoms with Gasteiger partial charge in [0.15, 0.2) is 0 Å². The molecule has 1 aliphatic carbocycles. The number of hydrogen-bond donors (Lipinski definition) is 3. The number of amides is 2. The van der Waals surface area contributed by atoms with Gasteiger partial charge in [-0.25, -0.2) is 9.48 Å². The van der Waals surface area contributed by atoms with Gasteiger partial charge in [-0.05, 0) is 60.6 Å². The molecular weight excluding hydrogens is 484 g/mol. The molecule has 3 N–H and O–H groups in total. The van der Waals surface area contributed by atoms with E-state index in [4.69, 9.17) is 9.84 Å². The number of benzene rings is 2. The molecule has 0 spiro atoms. The van der Waals surface area contributed by atoms with Crippen molar-refractivity contribution in [3.8, 4) is 11.1 Å². The van der Waals surface area contributed by atoms with Crippen molar-refractivity contribution >= 4 is 25.8 Å². The zero-order valence-electron chi connectivity index (χ0n) is 21.8. The predicted octanol–water partition coefficient (Wildman–Crippen LogP) is 5.17. The molecule has 37 heavy (non-hydrogen) atoms. The SMILES string of the molecule is C[Si](C)(C)CCOCn1cc2c(n1)CCc1cc(NC(=O)C(CCc3ccccc3)NC(=O)O)ccc1-2. The average molecular weight is 521 g/mol. The Balaban J connectivity index is 1.40. The summed E-state index contributed by atoms with van der Waals surface area (Å²) in [6.07, 6.45) is 3.43. The summed E-state index contributed by atoms with van der Waals surface area (Å²) in [6, 6.07) is 15.8. The van der Waals surface area contributed by atoms with Gasteiger partial charge in [0.1, 0.15) is 12.8 Å². The molecule has 1 aliphatic rings. The van der Waals surface area contributed by atoms with E-state index in [1.54, 1.807) is 0 Å². The Hall–Kier alpha value is -3.43. The molecule has 1 aromatic heterocycles. The Kier molecular flexibility index (Phi) is 8.45. The van der Waals surface area contributed by atoms with E-state index in [-0.39, 0.29) is 5.91 Å². The Bertz CT molecular complexity index is 1240. The van der Waals surface area contributed by atoms with Crippen molar-refractivity contribution in [1.82, 2.24) is 15.1 Å². The second-order valence-corrected chi connectivity index (χ2v) is 16.4. The smallest absolute Gasteiger partial charge is 0.405 e. The van der Waals surface area contributed by atoms with Crippen LogP contribution in [0.3, 0.4) is 0 Å². The summed E-state index contributed by atoms with van der Waals surface area (Å²) in [6.45, 7) is 8.21. The first kappa shape index (κ1) is 26.6. The number of carbonyl (C=O) groups excluding carboxylic acids is 1. The Labute approximate surface area is 219 Å². The van der Waals surface area contributed by atoms with Gasteiger partial charge in [0, 0.05) is 32.1 Å². The Morgan fingerprint density at radius 3 is 2.62 bits per heavy atom. The van der Waals surface area contributed by atoms with Crippen molar-refractivity contribution < 1.29 is 19.4 Å². The van der Waals surface area contributed by atoms with Gasteiger partial charge < -0.3 is 20.5 Å². The molecule has 0 aliphatic heterocycles. The van der Waals surface area contributed by atoms with Crippen molar-refractivity contribution in [2.24, 2.45) is 0 Å². The van der Waals surface area contributed by atoms with Gasteiger partial charge in [0.2, 0.25) is 5.91 Å². The van der Waals surface area contributed by atoms with Crippen LogP contribution in [0.5, 0.6) is 0 Å². The van der Waals surface area contributed by atoms with Crippen LogP contribution >= 0.6 is 0 Å². The highest BCUT2D eigenvalue weighted by atomic mass is 28.3. The van der Waals surface area contributed by atoms with Gasteiger partial charge in [-0.2, -0.15) is 5.10 Å². The first-order valence-corrected chi connectivity index (χ1v) is 16.5. The minimum Gasteiger partial charge on any atom is -0.465 e. The molecular formula is C28H36N4O4Si. The molecule has 2 amide bonds. The fraction of sp³-hybridized carbons (Fsp3) is 0.393. The van der Waals surface area contributed by atoms with Crippen LogP contribution in [-0.4, -0.2) is 47.6 Å². The second kappa shape index (κ2) is 11.7. The first-order chi connectivity index (χ1) is 17.7. The number of hydrogen-bond acceptors (Lipinski definition) is 4. The van der Waals surface area contributed by atoms with E-state index >= 15 is 0 Å². The standard InChI is InChI=1S/C28H36N4O4Si/c1-37(2,3)16-15-36-19-32-18-24-23-12-11-22(17-21(23)10-14-25(24)31-32)29-27(33)26(30-28(34)35)13-9-20-7-5-4-6-8-20/h4-8,11-12,17-18,26,30H,9-10,13-16,19H2,1-3H3,(H,29,33)(H,34,35). The molecule has 0 radical (unpaired) electrons. The number of aryl methyl sites for hydroxylation is 3. The fourth-order valence-corrected chi connectivity index (χ4v) is 5.23. The minimum atomic E-state index is -1.22. The molecule has 0 saturated heterocycles. The summed E-state index contributed by atoms with van der Waals surface area (Å²) in [5, 5.41) is 19.2. The molecule has 1 atom stereocenters.